The number of rotatable bonds is 3. The third-order valence-corrected chi connectivity index (χ3v) is 4.94. The number of hydrogen-bond acceptors (Lipinski definition) is 2. The first kappa shape index (κ1) is 13.0. The topological polar surface area (TPSA) is 29.9 Å². The summed E-state index contributed by atoms with van der Waals surface area (Å²) in [6.07, 6.45) is 14.8. The summed E-state index contributed by atoms with van der Waals surface area (Å²) in [7, 11) is 0. The molecule has 0 amide bonds. The minimum Gasteiger partial charge on any atom is -0.353 e. The lowest BCUT2D eigenvalue weighted by atomic mass is 9.92. The molecule has 1 atom stereocenters. The molecule has 1 heterocycles. The Morgan fingerprint density at radius 1 is 1.21 bits per heavy atom. The SMILES string of the molecule is CC1(C)CCC(n2ccnc2NC2CCCCC2)C1. The van der Waals surface area contributed by atoms with Crippen molar-refractivity contribution in [1.29, 1.82) is 0 Å². The number of imidazole rings is 1. The predicted molar refractivity (Wildman–Crippen MR) is 79.4 cm³/mol. The first-order valence-corrected chi connectivity index (χ1v) is 7.93. The van der Waals surface area contributed by atoms with Crippen LogP contribution in [0.1, 0.15) is 71.3 Å². The maximum absolute atomic E-state index is 4.55. The van der Waals surface area contributed by atoms with Gasteiger partial charge in [0.1, 0.15) is 0 Å². The molecule has 3 rings (SSSR count). The van der Waals surface area contributed by atoms with Crippen molar-refractivity contribution in [1.82, 2.24) is 9.55 Å². The normalized spacial score (nSPS) is 27.6. The van der Waals surface area contributed by atoms with E-state index in [9.17, 15) is 0 Å². The van der Waals surface area contributed by atoms with Crippen molar-refractivity contribution in [2.75, 3.05) is 5.32 Å². The van der Waals surface area contributed by atoms with Gasteiger partial charge in [0, 0.05) is 24.5 Å². The summed E-state index contributed by atoms with van der Waals surface area (Å²) >= 11 is 0. The Hall–Kier alpha value is -0.990. The summed E-state index contributed by atoms with van der Waals surface area (Å²) in [5.74, 6) is 1.11. The van der Waals surface area contributed by atoms with Crippen LogP contribution in [0.3, 0.4) is 0 Å². The van der Waals surface area contributed by atoms with Gasteiger partial charge in [0.05, 0.1) is 0 Å². The molecule has 3 nitrogen and oxygen atoms in total. The zero-order valence-corrected chi connectivity index (χ0v) is 12.4. The van der Waals surface area contributed by atoms with Gasteiger partial charge in [-0.3, -0.25) is 0 Å². The van der Waals surface area contributed by atoms with Crippen LogP contribution in [0.25, 0.3) is 0 Å². The van der Waals surface area contributed by atoms with E-state index < -0.39 is 0 Å². The largest absolute Gasteiger partial charge is 0.353 e. The van der Waals surface area contributed by atoms with E-state index in [1.54, 1.807) is 0 Å². The van der Waals surface area contributed by atoms with E-state index in [0.717, 1.165) is 5.95 Å². The lowest BCUT2D eigenvalue weighted by Gasteiger charge is -2.25. The minimum absolute atomic E-state index is 0.497. The van der Waals surface area contributed by atoms with Gasteiger partial charge in [0.25, 0.3) is 0 Å². The van der Waals surface area contributed by atoms with Crippen molar-refractivity contribution in [3.05, 3.63) is 12.4 Å². The van der Waals surface area contributed by atoms with Crippen molar-refractivity contribution >= 4 is 5.95 Å². The summed E-state index contributed by atoms with van der Waals surface area (Å²) in [5.41, 5.74) is 0.497. The van der Waals surface area contributed by atoms with Crippen LogP contribution in [0.15, 0.2) is 12.4 Å². The summed E-state index contributed by atoms with van der Waals surface area (Å²) in [4.78, 5) is 4.55. The monoisotopic (exact) mass is 261 g/mol. The van der Waals surface area contributed by atoms with E-state index in [1.807, 2.05) is 6.20 Å². The van der Waals surface area contributed by atoms with Crippen LogP contribution < -0.4 is 5.32 Å². The van der Waals surface area contributed by atoms with Crippen LogP contribution >= 0.6 is 0 Å². The molecule has 1 aromatic heterocycles. The van der Waals surface area contributed by atoms with Gasteiger partial charge in [-0.1, -0.05) is 33.1 Å². The fourth-order valence-corrected chi connectivity index (χ4v) is 3.79. The summed E-state index contributed by atoms with van der Waals surface area (Å²) < 4.78 is 2.39. The number of anilines is 1. The maximum atomic E-state index is 4.55. The second kappa shape index (κ2) is 5.18. The molecule has 1 N–H and O–H groups in total. The van der Waals surface area contributed by atoms with Crippen molar-refractivity contribution in [3.8, 4) is 0 Å². The smallest absolute Gasteiger partial charge is 0.203 e. The fraction of sp³-hybridized carbons (Fsp3) is 0.812. The average molecular weight is 261 g/mol. The highest BCUT2D eigenvalue weighted by atomic mass is 15.2. The van der Waals surface area contributed by atoms with Crippen LogP contribution in [0.2, 0.25) is 0 Å². The molecule has 0 aliphatic heterocycles. The van der Waals surface area contributed by atoms with E-state index in [1.165, 1.54) is 51.4 Å². The van der Waals surface area contributed by atoms with Crippen molar-refractivity contribution in [3.63, 3.8) is 0 Å². The molecule has 2 fully saturated rings. The van der Waals surface area contributed by atoms with Gasteiger partial charge in [0.15, 0.2) is 0 Å². The highest BCUT2D eigenvalue weighted by molar-refractivity contribution is 5.29. The zero-order chi connectivity index (χ0) is 13.3. The van der Waals surface area contributed by atoms with E-state index in [-0.39, 0.29) is 0 Å². The molecule has 0 bridgehead atoms. The zero-order valence-electron chi connectivity index (χ0n) is 12.4. The van der Waals surface area contributed by atoms with Gasteiger partial charge in [-0.05, 0) is 37.5 Å². The van der Waals surface area contributed by atoms with Gasteiger partial charge in [-0.25, -0.2) is 4.98 Å². The third-order valence-electron chi connectivity index (χ3n) is 4.94. The van der Waals surface area contributed by atoms with Crippen LogP contribution in [-0.4, -0.2) is 15.6 Å². The third kappa shape index (κ3) is 2.96. The molecule has 0 radical (unpaired) electrons. The highest BCUT2D eigenvalue weighted by Crippen LogP contribution is 2.44. The standard InChI is InChI=1S/C16H27N3/c1-16(2)9-8-14(12-16)19-11-10-17-15(19)18-13-6-4-3-5-7-13/h10-11,13-14H,3-9,12H2,1-2H3,(H,17,18). The Labute approximate surface area is 116 Å². The Balaban J connectivity index is 1.68. The van der Waals surface area contributed by atoms with Gasteiger partial charge in [-0.2, -0.15) is 0 Å². The molecule has 2 aliphatic carbocycles. The fourth-order valence-electron chi connectivity index (χ4n) is 3.79. The number of hydrogen-bond donors (Lipinski definition) is 1. The second-order valence-corrected chi connectivity index (χ2v) is 7.20. The molecule has 0 saturated heterocycles. The van der Waals surface area contributed by atoms with Gasteiger partial charge >= 0.3 is 0 Å². The maximum Gasteiger partial charge on any atom is 0.203 e. The van der Waals surface area contributed by atoms with Crippen LogP contribution in [0.4, 0.5) is 5.95 Å². The summed E-state index contributed by atoms with van der Waals surface area (Å²) in [6, 6.07) is 1.29. The van der Waals surface area contributed by atoms with Crippen LogP contribution in [0.5, 0.6) is 0 Å². The van der Waals surface area contributed by atoms with Crippen LogP contribution in [0, 0.1) is 5.41 Å². The molecular formula is C16H27N3. The van der Waals surface area contributed by atoms with E-state index in [2.05, 4.69) is 34.9 Å². The molecule has 19 heavy (non-hydrogen) atoms. The highest BCUT2D eigenvalue weighted by Gasteiger charge is 2.32. The first-order chi connectivity index (χ1) is 9.14. The molecule has 1 unspecified atom stereocenters. The molecule has 0 aromatic carbocycles. The molecule has 3 heteroatoms. The molecule has 0 spiro atoms. The van der Waals surface area contributed by atoms with Gasteiger partial charge in [-0.15, -0.1) is 0 Å². The van der Waals surface area contributed by atoms with E-state index in [4.69, 9.17) is 0 Å². The number of nitrogens with zero attached hydrogens (tertiary/aromatic N) is 2. The molecule has 2 aliphatic rings. The number of nitrogens with one attached hydrogen (secondary N) is 1. The Kier molecular flexibility index (Phi) is 3.55. The lowest BCUT2D eigenvalue weighted by Crippen LogP contribution is -2.25. The van der Waals surface area contributed by atoms with Crippen molar-refractivity contribution < 1.29 is 0 Å². The quantitative estimate of drug-likeness (QED) is 0.875. The molecular weight excluding hydrogens is 234 g/mol. The summed E-state index contributed by atoms with van der Waals surface area (Å²) in [6.45, 7) is 4.77. The molecule has 2 saturated carbocycles. The van der Waals surface area contributed by atoms with Crippen molar-refractivity contribution in [2.45, 2.75) is 77.3 Å². The minimum atomic E-state index is 0.497. The van der Waals surface area contributed by atoms with Gasteiger partial charge < -0.3 is 9.88 Å². The van der Waals surface area contributed by atoms with Crippen LogP contribution in [-0.2, 0) is 0 Å². The Morgan fingerprint density at radius 2 is 2.00 bits per heavy atom. The predicted octanol–water partition coefficient (Wildman–Crippen LogP) is 4.38. The first-order valence-electron chi connectivity index (χ1n) is 7.93. The second-order valence-electron chi connectivity index (χ2n) is 7.20. The summed E-state index contributed by atoms with van der Waals surface area (Å²) in [5, 5.41) is 3.69. The molecule has 1 aromatic rings. The Morgan fingerprint density at radius 3 is 2.68 bits per heavy atom. The lowest BCUT2D eigenvalue weighted by molar-refractivity contribution is 0.359. The molecule has 106 valence electrons. The van der Waals surface area contributed by atoms with Crippen molar-refractivity contribution in [2.24, 2.45) is 5.41 Å². The number of aromatic nitrogens is 2. The average Bonchev–Trinajstić information content (AvgIpc) is 2.97. The van der Waals surface area contributed by atoms with E-state index >= 15 is 0 Å². The van der Waals surface area contributed by atoms with Gasteiger partial charge in [0.2, 0.25) is 5.95 Å². The van der Waals surface area contributed by atoms with E-state index in [0.29, 0.717) is 17.5 Å². The Bertz CT molecular complexity index is 415.